The molecule has 0 aliphatic rings. The zero-order valence-corrected chi connectivity index (χ0v) is 9.17. The van der Waals surface area contributed by atoms with Crippen LogP contribution in [0.4, 0.5) is 0 Å². The van der Waals surface area contributed by atoms with E-state index in [1.807, 2.05) is 0 Å². The van der Waals surface area contributed by atoms with Crippen LogP contribution >= 0.6 is 0 Å². The number of hydrogen-bond acceptors (Lipinski definition) is 1. The second-order valence-corrected chi connectivity index (χ2v) is 3.38. The van der Waals surface area contributed by atoms with Gasteiger partial charge in [0.05, 0.1) is 0 Å². The van der Waals surface area contributed by atoms with Gasteiger partial charge < -0.3 is 0 Å². The normalized spacial score (nSPS) is 13.7. The summed E-state index contributed by atoms with van der Waals surface area (Å²) < 4.78 is 5.09. The van der Waals surface area contributed by atoms with Gasteiger partial charge in [0.1, 0.15) is 0 Å². The minimum absolute atomic E-state index is 0.768. The molecule has 0 aliphatic carbocycles. The molecule has 0 aromatic carbocycles. The van der Waals surface area contributed by atoms with Crippen LogP contribution in [0.2, 0.25) is 0 Å². The van der Waals surface area contributed by atoms with Crippen LogP contribution < -0.4 is 0 Å². The standard InChI is InChI=1S/C7H15O.Sn/c1-3-4-5-7(2)6-8;/h7H,3-6H2,1-2H3;/q-1;+1. The maximum atomic E-state index is 5.09. The molecule has 1 atom stereocenters. The molecular formula is C7H15OSn. The first-order valence-electron chi connectivity index (χ1n) is 3.59. The molecule has 53 valence electrons. The Kier molecular flexibility index (Phi) is 7.45. The predicted octanol–water partition coefficient (Wildman–Crippen LogP) is 1.91. The van der Waals surface area contributed by atoms with Crippen molar-refractivity contribution >= 4 is 22.9 Å². The summed E-state index contributed by atoms with van der Waals surface area (Å²) >= 11 is 1.20. The molecule has 0 rings (SSSR count). The van der Waals surface area contributed by atoms with Gasteiger partial charge in [0, 0.05) is 0 Å². The summed E-state index contributed by atoms with van der Waals surface area (Å²) in [5, 5.41) is 0. The molecule has 0 aromatic rings. The molecule has 1 nitrogen and oxygen atoms in total. The summed E-state index contributed by atoms with van der Waals surface area (Å²) in [6.07, 6.45) is 3.98. The van der Waals surface area contributed by atoms with E-state index in [2.05, 4.69) is 13.8 Å². The molecule has 0 spiro atoms. The van der Waals surface area contributed by atoms with E-state index in [0.717, 1.165) is 12.5 Å². The first kappa shape index (κ1) is 9.76. The van der Waals surface area contributed by atoms with Gasteiger partial charge in [-0.2, -0.15) is 0 Å². The van der Waals surface area contributed by atoms with E-state index in [1.165, 1.54) is 42.2 Å². The molecule has 0 saturated carbocycles. The summed E-state index contributed by atoms with van der Waals surface area (Å²) in [4.78, 5) is 0. The van der Waals surface area contributed by atoms with Gasteiger partial charge in [0.2, 0.25) is 0 Å². The Labute approximate surface area is 71.8 Å². The van der Waals surface area contributed by atoms with Gasteiger partial charge in [-0.25, -0.2) is 0 Å². The van der Waals surface area contributed by atoms with Crippen molar-refractivity contribution in [1.29, 1.82) is 0 Å². The van der Waals surface area contributed by atoms with Crippen LogP contribution in [0, 0.1) is 5.92 Å². The molecular weight excluding hydrogens is 219 g/mol. The average Bonchev–Trinajstić information content (AvgIpc) is 1.85. The first-order valence-corrected chi connectivity index (χ1v) is 4.76. The summed E-state index contributed by atoms with van der Waals surface area (Å²) in [6, 6.07) is 0. The topological polar surface area (TPSA) is 9.23 Å². The van der Waals surface area contributed by atoms with Crippen molar-refractivity contribution in [3.63, 3.8) is 0 Å². The minimum atomic E-state index is 0.768. The Morgan fingerprint density at radius 1 is 1.56 bits per heavy atom. The van der Waals surface area contributed by atoms with Crippen LogP contribution in [-0.2, 0) is 3.07 Å². The zero-order valence-electron chi connectivity index (χ0n) is 6.31. The average molecular weight is 234 g/mol. The van der Waals surface area contributed by atoms with E-state index in [4.69, 9.17) is 3.07 Å². The van der Waals surface area contributed by atoms with Gasteiger partial charge >= 0.3 is 71.6 Å². The van der Waals surface area contributed by atoms with E-state index in [0.29, 0.717) is 0 Å². The van der Waals surface area contributed by atoms with Gasteiger partial charge in [0.15, 0.2) is 0 Å². The Morgan fingerprint density at radius 2 is 2.22 bits per heavy atom. The Hall–Kier alpha value is 0.759. The van der Waals surface area contributed by atoms with Gasteiger partial charge in [-0.1, -0.05) is 0 Å². The molecule has 9 heavy (non-hydrogen) atoms. The van der Waals surface area contributed by atoms with Crippen molar-refractivity contribution in [1.82, 2.24) is 0 Å². The van der Waals surface area contributed by atoms with E-state index >= 15 is 0 Å². The van der Waals surface area contributed by atoms with Gasteiger partial charge in [-0.05, 0) is 0 Å². The fraction of sp³-hybridized carbons (Fsp3) is 1.00. The summed E-state index contributed by atoms with van der Waals surface area (Å²) in [5.41, 5.74) is 0. The Morgan fingerprint density at radius 3 is 2.67 bits per heavy atom. The van der Waals surface area contributed by atoms with E-state index in [1.54, 1.807) is 0 Å². The third-order valence-electron chi connectivity index (χ3n) is 1.42. The molecule has 0 amide bonds. The molecule has 0 N–H and O–H groups in total. The van der Waals surface area contributed by atoms with Crippen molar-refractivity contribution in [2.24, 2.45) is 5.92 Å². The molecule has 1 unspecified atom stereocenters. The first-order chi connectivity index (χ1) is 4.31. The summed E-state index contributed by atoms with van der Waals surface area (Å²) in [7, 11) is 0. The molecule has 0 bridgehead atoms. The molecule has 0 aromatic heterocycles. The quantitative estimate of drug-likeness (QED) is 0.660. The second kappa shape index (κ2) is 6.87. The molecule has 0 saturated heterocycles. The monoisotopic (exact) mass is 235 g/mol. The predicted molar refractivity (Wildman–Crippen MR) is 40.4 cm³/mol. The summed E-state index contributed by atoms with van der Waals surface area (Å²) in [5.74, 6) is 0.768. The van der Waals surface area contributed by atoms with Crippen molar-refractivity contribution in [2.45, 2.75) is 33.1 Å². The van der Waals surface area contributed by atoms with Crippen LogP contribution in [-0.4, -0.2) is 29.5 Å². The van der Waals surface area contributed by atoms with Crippen LogP contribution in [0.5, 0.6) is 0 Å². The van der Waals surface area contributed by atoms with Crippen LogP contribution in [0.25, 0.3) is 0 Å². The third-order valence-corrected chi connectivity index (χ3v) is 1.89. The summed E-state index contributed by atoms with van der Waals surface area (Å²) in [6.45, 7) is 5.43. The number of unbranched alkanes of at least 4 members (excludes halogenated alkanes) is 1. The zero-order chi connectivity index (χ0) is 7.11. The fourth-order valence-corrected chi connectivity index (χ4v) is 1.59. The maximum absolute atomic E-state index is 5.09. The van der Waals surface area contributed by atoms with Gasteiger partial charge in [-0.3, -0.25) is 0 Å². The van der Waals surface area contributed by atoms with Crippen molar-refractivity contribution < 1.29 is 3.07 Å². The fourth-order valence-electron chi connectivity index (χ4n) is 0.778. The number of hydrogen-bond donors (Lipinski definition) is 0. The van der Waals surface area contributed by atoms with Crippen LogP contribution in [0.15, 0.2) is 0 Å². The van der Waals surface area contributed by atoms with Gasteiger partial charge in [0.25, 0.3) is 0 Å². The van der Waals surface area contributed by atoms with Gasteiger partial charge in [-0.15, -0.1) is 0 Å². The van der Waals surface area contributed by atoms with Crippen molar-refractivity contribution in [3.8, 4) is 0 Å². The second-order valence-electron chi connectivity index (χ2n) is 2.56. The Balaban J connectivity index is 2.95. The number of rotatable bonds is 5. The molecule has 0 fully saturated rings. The van der Waals surface area contributed by atoms with E-state index in [9.17, 15) is 0 Å². The van der Waals surface area contributed by atoms with E-state index in [-0.39, 0.29) is 0 Å². The van der Waals surface area contributed by atoms with E-state index < -0.39 is 0 Å². The third kappa shape index (κ3) is 6.65. The van der Waals surface area contributed by atoms with Crippen molar-refractivity contribution in [2.75, 3.05) is 6.61 Å². The molecule has 0 aliphatic heterocycles. The van der Waals surface area contributed by atoms with Crippen LogP contribution in [0.1, 0.15) is 33.1 Å². The molecule has 0 heterocycles. The molecule has 3 radical (unpaired) electrons. The van der Waals surface area contributed by atoms with Crippen LogP contribution in [0.3, 0.4) is 0 Å². The van der Waals surface area contributed by atoms with Crippen molar-refractivity contribution in [3.05, 3.63) is 0 Å². The SMILES string of the molecule is CCCCC(C)C[O][Sn]. The Bertz CT molecular complexity index is 56.9. The molecule has 2 heteroatoms.